The van der Waals surface area contributed by atoms with Crippen LogP contribution in [0.5, 0.6) is 0 Å². The van der Waals surface area contributed by atoms with Crippen LogP contribution in [0, 0.1) is 0 Å². The molecular weight excluding hydrogens is 246 g/mol. The van der Waals surface area contributed by atoms with Gasteiger partial charge >= 0.3 is 0 Å². The minimum atomic E-state index is 0.113. The van der Waals surface area contributed by atoms with Gasteiger partial charge in [-0.2, -0.15) is 5.10 Å². The summed E-state index contributed by atoms with van der Waals surface area (Å²) in [5, 5.41) is 7.84. The molecule has 3 heteroatoms. The number of rotatable bonds is 5. The Morgan fingerprint density at radius 1 is 1.20 bits per heavy atom. The third kappa shape index (κ3) is 4.35. The van der Waals surface area contributed by atoms with Crippen molar-refractivity contribution in [1.29, 1.82) is 0 Å². The van der Waals surface area contributed by atoms with E-state index < -0.39 is 0 Å². The highest BCUT2D eigenvalue weighted by Crippen LogP contribution is 2.17. The van der Waals surface area contributed by atoms with E-state index in [2.05, 4.69) is 56.1 Å². The van der Waals surface area contributed by atoms with Crippen molar-refractivity contribution in [2.24, 2.45) is 0 Å². The second-order valence-electron chi connectivity index (χ2n) is 6.15. The van der Waals surface area contributed by atoms with E-state index in [1.165, 1.54) is 5.56 Å². The number of aromatic nitrogens is 2. The second kappa shape index (κ2) is 6.06. The van der Waals surface area contributed by atoms with E-state index in [9.17, 15) is 0 Å². The van der Waals surface area contributed by atoms with Gasteiger partial charge in [0, 0.05) is 23.8 Å². The minimum Gasteiger partial charge on any atom is -0.308 e. The van der Waals surface area contributed by atoms with E-state index >= 15 is 0 Å². The van der Waals surface area contributed by atoms with Gasteiger partial charge in [0.2, 0.25) is 0 Å². The molecule has 0 spiro atoms. The van der Waals surface area contributed by atoms with E-state index in [1.807, 2.05) is 29.1 Å². The van der Waals surface area contributed by atoms with Crippen molar-refractivity contribution in [2.75, 3.05) is 6.54 Å². The molecule has 1 heterocycles. The maximum Gasteiger partial charge on any atom is 0.0629 e. The van der Waals surface area contributed by atoms with E-state index in [4.69, 9.17) is 0 Å². The number of benzene rings is 1. The molecule has 0 saturated carbocycles. The van der Waals surface area contributed by atoms with Gasteiger partial charge in [-0.15, -0.1) is 0 Å². The van der Waals surface area contributed by atoms with Crippen LogP contribution in [0.1, 0.15) is 20.8 Å². The summed E-state index contributed by atoms with van der Waals surface area (Å²) < 4.78 is 1.94. The standard InChI is InChI=1S/C17H23N3/c1-14(10-18-17(2,3)4)12-20-13-16(11-19-20)15-8-6-5-7-9-15/h5-9,11,13,18H,1,10,12H2,2-4H3. The summed E-state index contributed by atoms with van der Waals surface area (Å²) in [6, 6.07) is 10.3. The molecular formula is C17H23N3. The quantitative estimate of drug-likeness (QED) is 0.842. The molecule has 0 bridgehead atoms. The van der Waals surface area contributed by atoms with Crippen LogP contribution in [0.4, 0.5) is 0 Å². The molecule has 2 rings (SSSR count). The summed E-state index contributed by atoms with van der Waals surface area (Å²) >= 11 is 0. The zero-order valence-electron chi connectivity index (χ0n) is 12.6. The van der Waals surface area contributed by atoms with Crippen molar-refractivity contribution in [2.45, 2.75) is 32.9 Å². The number of hydrogen-bond donors (Lipinski definition) is 1. The lowest BCUT2D eigenvalue weighted by molar-refractivity contribution is 0.438. The van der Waals surface area contributed by atoms with Crippen molar-refractivity contribution in [3.63, 3.8) is 0 Å². The van der Waals surface area contributed by atoms with Gasteiger partial charge in [0.05, 0.1) is 12.7 Å². The second-order valence-corrected chi connectivity index (χ2v) is 6.15. The fourth-order valence-electron chi connectivity index (χ4n) is 1.90. The Bertz CT molecular complexity index is 561. The Balaban J connectivity index is 1.95. The summed E-state index contributed by atoms with van der Waals surface area (Å²) in [6.45, 7) is 12.1. The van der Waals surface area contributed by atoms with Crippen LogP contribution in [0.15, 0.2) is 54.9 Å². The Morgan fingerprint density at radius 2 is 1.90 bits per heavy atom. The van der Waals surface area contributed by atoms with Crippen LogP contribution in [0.2, 0.25) is 0 Å². The summed E-state index contributed by atoms with van der Waals surface area (Å²) in [5.74, 6) is 0. The van der Waals surface area contributed by atoms with Gasteiger partial charge < -0.3 is 5.32 Å². The normalized spacial score (nSPS) is 11.6. The molecule has 0 unspecified atom stereocenters. The summed E-state index contributed by atoms with van der Waals surface area (Å²) in [7, 11) is 0. The lowest BCUT2D eigenvalue weighted by Crippen LogP contribution is -2.37. The molecule has 2 aromatic rings. The van der Waals surface area contributed by atoms with Gasteiger partial charge in [-0.1, -0.05) is 36.9 Å². The maximum atomic E-state index is 4.41. The third-order valence-corrected chi connectivity index (χ3v) is 2.99. The lowest BCUT2D eigenvalue weighted by Gasteiger charge is -2.21. The smallest absolute Gasteiger partial charge is 0.0629 e. The van der Waals surface area contributed by atoms with Crippen LogP contribution in [0.25, 0.3) is 11.1 Å². The monoisotopic (exact) mass is 269 g/mol. The van der Waals surface area contributed by atoms with Gasteiger partial charge in [0.1, 0.15) is 0 Å². The molecule has 106 valence electrons. The average Bonchev–Trinajstić information content (AvgIpc) is 2.85. The number of hydrogen-bond acceptors (Lipinski definition) is 2. The first-order chi connectivity index (χ1) is 9.44. The van der Waals surface area contributed by atoms with Crippen molar-refractivity contribution < 1.29 is 0 Å². The van der Waals surface area contributed by atoms with Crippen LogP contribution in [-0.2, 0) is 6.54 Å². The zero-order valence-corrected chi connectivity index (χ0v) is 12.6. The minimum absolute atomic E-state index is 0.113. The van der Waals surface area contributed by atoms with Crippen LogP contribution < -0.4 is 5.32 Å². The molecule has 1 N–H and O–H groups in total. The van der Waals surface area contributed by atoms with Gasteiger partial charge in [0.15, 0.2) is 0 Å². The first kappa shape index (κ1) is 14.5. The SMILES string of the molecule is C=C(CNC(C)(C)C)Cn1cc(-c2ccccc2)cn1. The van der Waals surface area contributed by atoms with Gasteiger partial charge in [0.25, 0.3) is 0 Å². The number of nitrogens with one attached hydrogen (secondary N) is 1. The highest BCUT2D eigenvalue weighted by molar-refractivity contribution is 5.61. The Kier molecular flexibility index (Phi) is 4.40. The molecule has 20 heavy (non-hydrogen) atoms. The van der Waals surface area contributed by atoms with Crippen molar-refractivity contribution in [1.82, 2.24) is 15.1 Å². The fraction of sp³-hybridized carbons (Fsp3) is 0.353. The van der Waals surface area contributed by atoms with E-state index in [0.717, 1.165) is 24.2 Å². The largest absolute Gasteiger partial charge is 0.308 e. The Hall–Kier alpha value is -1.87. The van der Waals surface area contributed by atoms with Gasteiger partial charge in [-0.05, 0) is 31.9 Å². The highest BCUT2D eigenvalue weighted by Gasteiger charge is 2.09. The lowest BCUT2D eigenvalue weighted by atomic mass is 10.1. The van der Waals surface area contributed by atoms with Gasteiger partial charge in [-0.25, -0.2) is 0 Å². The molecule has 0 aliphatic rings. The maximum absolute atomic E-state index is 4.41. The van der Waals surface area contributed by atoms with Gasteiger partial charge in [-0.3, -0.25) is 4.68 Å². The first-order valence-corrected chi connectivity index (χ1v) is 6.93. The van der Waals surface area contributed by atoms with Crippen LogP contribution >= 0.6 is 0 Å². The van der Waals surface area contributed by atoms with E-state index in [-0.39, 0.29) is 5.54 Å². The third-order valence-electron chi connectivity index (χ3n) is 2.99. The van der Waals surface area contributed by atoms with Crippen molar-refractivity contribution >= 4 is 0 Å². The summed E-state index contributed by atoms with van der Waals surface area (Å²) in [5.41, 5.74) is 3.57. The van der Waals surface area contributed by atoms with E-state index in [1.54, 1.807) is 0 Å². The summed E-state index contributed by atoms with van der Waals surface area (Å²) in [4.78, 5) is 0. The molecule has 0 aliphatic heterocycles. The molecule has 0 radical (unpaired) electrons. The number of nitrogens with zero attached hydrogens (tertiary/aromatic N) is 2. The molecule has 0 fully saturated rings. The topological polar surface area (TPSA) is 29.9 Å². The Labute approximate surface area is 121 Å². The molecule has 1 aromatic carbocycles. The predicted molar refractivity (Wildman–Crippen MR) is 84.6 cm³/mol. The average molecular weight is 269 g/mol. The predicted octanol–water partition coefficient (Wildman–Crippen LogP) is 3.49. The molecule has 3 nitrogen and oxygen atoms in total. The molecule has 0 saturated heterocycles. The van der Waals surface area contributed by atoms with E-state index in [0.29, 0.717) is 0 Å². The molecule has 0 amide bonds. The first-order valence-electron chi connectivity index (χ1n) is 6.93. The highest BCUT2D eigenvalue weighted by atomic mass is 15.3. The fourth-order valence-corrected chi connectivity index (χ4v) is 1.90. The molecule has 0 aliphatic carbocycles. The van der Waals surface area contributed by atoms with Crippen LogP contribution in [-0.4, -0.2) is 21.9 Å². The summed E-state index contributed by atoms with van der Waals surface area (Å²) in [6.07, 6.45) is 3.97. The molecule has 1 aromatic heterocycles. The Morgan fingerprint density at radius 3 is 2.55 bits per heavy atom. The molecule has 0 atom stereocenters. The van der Waals surface area contributed by atoms with Crippen molar-refractivity contribution in [3.8, 4) is 11.1 Å². The zero-order chi connectivity index (χ0) is 14.6. The van der Waals surface area contributed by atoms with Crippen molar-refractivity contribution in [3.05, 3.63) is 54.9 Å². The van der Waals surface area contributed by atoms with Crippen LogP contribution in [0.3, 0.4) is 0 Å².